The minimum absolute atomic E-state index is 0.119. The predicted octanol–water partition coefficient (Wildman–Crippen LogP) is 4.69. The Kier molecular flexibility index (Phi) is 7.68. The van der Waals surface area contributed by atoms with Gasteiger partial charge in [-0.3, -0.25) is 0 Å². The molecule has 0 atom stereocenters. The van der Waals surface area contributed by atoms with Gasteiger partial charge in [-0.15, -0.1) is 0 Å². The van der Waals surface area contributed by atoms with Gasteiger partial charge in [-0.05, 0) is 0 Å². The molecule has 78 valence electrons. The fourth-order valence-corrected chi connectivity index (χ4v) is 4.74. The van der Waals surface area contributed by atoms with Crippen LogP contribution in [0.2, 0.25) is 4.13 Å². The van der Waals surface area contributed by atoms with Crippen molar-refractivity contribution in [2.24, 2.45) is 0 Å². The molecule has 0 aliphatic heterocycles. The second-order valence-corrected chi connectivity index (χ2v) is 7.70. The van der Waals surface area contributed by atoms with E-state index in [4.69, 9.17) is 0 Å². The first-order valence-electron chi connectivity index (χ1n) is 6.03. The molecule has 1 heteroatoms. The fraction of sp³-hybridized carbons (Fsp3) is 0.692. The summed E-state index contributed by atoms with van der Waals surface area (Å²) >= 11 is -0.119. The molecule has 0 heterocycles. The van der Waals surface area contributed by atoms with Crippen LogP contribution in [0, 0.1) is 0 Å². The van der Waals surface area contributed by atoms with Gasteiger partial charge in [-0.2, -0.15) is 0 Å². The Morgan fingerprint density at radius 2 is 1.93 bits per heavy atom. The minimum atomic E-state index is -0.119. The Labute approximate surface area is 100 Å². The maximum atomic E-state index is 2.36. The van der Waals surface area contributed by atoms with E-state index >= 15 is 0 Å². The van der Waals surface area contributed by atoms with Crippen molar-refractivity contribution in [1.82, 2.24) is 0 Å². The molecule has 0 spiro atoms. The van der Waals surface area contributed by atoms with Crippen LogP contribution in [0.5, 0.6) is 0 Å². The van der Waals surface area contributed by atoms with Crippen LogP contribution in [0.3, 0.4) is 0 Å². The van der Waals surface area contributed by atoms with Gasteiger partial charge in [0.2, 0.25) is 0 Å². The third-order valence-corrected chi connectivity index (χ3v) is 6.16. The van der Waals surface area contributed by atoms with E-state index in [-0.39, 0.29) is 23.2 Å². The number of allylic oxidation sites excluding steroid dienone is 4. The predicted molar refractivity (Wildman–Crippen MR) is 60.0 cm³/mol. The van der Waals surface area contributed by atoms with Crippen LogP contribution >= 0.6 is 0 Å². The summed E-state index contributed by atoms with van der Waals surface area (Å²) < 4.78 is 3.38. The first-order valence-corrected chi connectivity index (χ1v) is 8.99. The van der Waals surface area contributed by atoms with Gasteiger partial charge in [0, 0.05) is 0 Å². The van der Waals surface area contributed by atoms with Crippen molar-refractivity contribution in [2.45, 2.75) is 56.0 Å². The monoisotopic (exact) mass is 268 g/mol. The zero-order valence-corrected chi connectivity index (χ0v) is 11.8. The van der Waals surface area contributed by atoms with Crippen LogP contribution < -0.4 is 0 Å². The van der Waals surface area contributed by atoms with Gasteiger partial charge in [-0.1, -0.05) is 0 Å². The summed E-state index contributed by atoms with van der Waals surface area (Å²) in [4.78, 5) is 0. The van der Waals surface area contributed by atoms with Crippen LogP contribution in [0.1, 0.15) is 51.9 Å². The van der Waals surface area contributed by atoms with E-state index in [1.54, 1.807) is 4.13 Å². The van der Waals surface area contributed by atoms with Gasteiger partial charge in [0.1, 0.15) is 0 Å². The topological polar surface area (TPSA) is 0 Å². The second kappa shape index (κ2) is 8.65. The molecule has 0 unspecified atom stereocenters. The van der Waals surface area contributed by atoms with Crippen LogP contribution in [-0.2, 0) is 23.2 Å². The van der Waals surface area contributed by atoms with E-state index in [1.807, 2.05) is 3.28 Å². The van der Waals surface area contributed by atoms with Gasteiger partial charge in [0.15, 0.2) is 0 Å². The van der Waals surface area contributed by atoms with Gasteiger partial charge in [0.25, 0.3) is 0 Å². The molecule has 0 bridgehead atoms. The first kappa shape index (κ1) is 12.4. The molecule has 14 heavy (non-hydrogen) atoms. The van der Waals surface area contributed by atoms with E-state index in [2.05, 4.69) is 25.2 Å². The summed E-state index contributed by atoms with van der Waals surface area (Å²) in [6.45, 7) is 2.29. The van der Waals surface area contributed by atoms with E-state index in [9.17, 15) is 0 Å². The van der Waals surface area contributed by atoms with E-state index in [1.165, 1.54) is 44.9 Å². The van der Waals surface area contributed by atoms with Crippen molar-refractivity contribution in [1.29, 1.82) is 0 Å². The normalized spacial score (nSPS) is 14.5. The average Bonchev–Trinajstić information content (AvgIpc) is 2.69. The standard InChI is InChI=1S/C8H17.C5H5.Zr/c1-3-5-7-8-6-4-2;1-2-4-5-3-1;/h1,3-8H2,2H3;1-3H,4H2;. The molecule has 0 N–H and O–H groups in total. The molecule has 1 aliphatic carbocycles. The summed E-state index contributed by atoms with van der Waals surface area (Å²) in [6, 6.07) is 0. The van der Waals surface area contributed by atoms with Crippen LogP contribution in [0.25, 0.3) is 0 Å². The van der Waals surface area contributed by atoms with E-state index < -0.39 is 0 Å². The molecule has 1 rings (SSSR count). The van der Waals surface area contributed by atoms with E-state index in [0.717, 1.165) is 0 Å². The Balaban J connectivity index is 1.80. The van der Waals surface area contributed by atoms with Crippen LogP contribution in [-0.4, -0.2) is 0 Å². The van der Waals surface area contributed by atoms with Gasteiger partial charge < -0.3 is 0 Å². The number of rotatable bonds is 8. The Hall–Kier alpha value is 0.363. The average molecular weight is 270 g/mol. The molecule has 0 aromatic carbocycles. The van der Waals surface area contributed by atoms with Gasteiger partial charge in [0.05, 0.1) is 0 Å². The Bertz CT molecular complexity index is 191. The Morgan fingerprint density at radius 1 is 1.14 bits per heavy atom. The molecule has 0 saturated carbocycles. The van der Waals surface area contributed by atoms with Crippen molar-refractivity contribution in [3.8, 4) is 0 Å². The third kappa shape index (κ3) is 5.96. The fourth-order valence-electron chi connectivity index (χ4n) is 1.73. The summed E-state index contributed by atoms with van der Waals surface area (Å²) in [5.74, 6) is 0. The SMILES string of the molecule is CCCCCCC[CH2][Zr][C]1=CC=CC1. The molecule has 0 aromatic heterocycles. The number of hydrogen-bond donors (Lipinski definition) is 0. The van der Waals surface area contributed by atoms with Crippen molar-refractivity contribution in [3.05, 3.63) is 21.5 Å². The molecule has 0 radical (unpaired) electrons. The summed E-state index contributed by atoms with van der Waals surface area (Å²) in [5, 5.41) is 0. The van der Waals surface area contributed by atoms with Crippen molar-refractivity contribution in [3.63, 3.8) is 0 Å². The summed E-state index contributed by atoms with van der Waals surface area (Å²) in [5.41, 5.74) is 0. The van der Waals surface area contributed by atoms with E-state index in [0.29, 0.717) is 0 Å². The molecular formula is C13H22Zr. The van der Waals surface area contributed by atoms with Crippen molar-refractivity contribution < 1.29 is 23.2 Å². The molecule has 0 saturated heterocycles. The van der Waals surface area contributed by atoms with Crippen molar-refractivity contribution in [2.75, 3.05) is 0 Å². The van der Waals surface area contributed by atoms with Gasteiger partial charge in [-0.25, -0.2) is 0 Å². The number of unbranched alkanes of at least 4 members (excludes halogenated alkanes) is 5. The zero-order valence-electron chi connectivity index (χ0n) is 9.39. The molecular weight excluding hydrogens is 247 g/mol. The van der Waals surface area contributed by atoms with Gasteiger partial charge >= 0.3 is 101 Å². The molecule has 0 fully saturated rings. The van der Waals surface area contributed by atoms with Crippen LogP contribution in [0.4, 0.5) is 0 Å². The van der Waals surface area contributed by atoms with Crippen LogP contribution in [0.15, 0.2) is 21.5 Å². The maximum absolute atomic E-state index is 2.36. The molecule has 0 amide bonds. The second-order valence-electron chi connectivity index (χ2n) is 4.02. The quantitative estimate of drug-likeness (QED) is 0.561. The number of hydrogen-bond acceptors (Lipinski definition) is 0. The van der Waals surface area contributed by atoms with Crippen molar-refractivity contribution >= 4 is 0 Å². The molecule has 0 aromatic rings. The molecule has 1 aliphatic rings. The molecule has 0 nitrogen and oxygen atoms in total. The summed E-state index contributed by atoms with van der Waals surface area (Å²) in [7, 11) is 0. The summed E-state index contributed by atoms with van der Waals surface area (Å²) in [6.07, 6.45) is 16.9. The Morgan fingerprint density at radius 3 is 2.64 bits per heavy atom. The third-order valence-electron chi connectivity index (χ3n) is 2.65. The zero-order chi connectivity index (χ0) is 10.1. The first-order chi connectivity index (χ1) is 6.93.